The molecule has 2 saturated carbocycles. The van der Waals surface area contributed by atoms with Crippen LogP contribution in [0.3, 0.4) is 0 Å². The van der Waals surface area contributed by atoms with Crippen LogP contribution in [0.2, 0.25) is 0 Å². The third-order valence-electron chi connectivity index (χ3n) is 5.35. The van der Waals surface area contributed by atoms with Crippen LogP contribution in [0, 0.1) is 5.92 Å². The molecule has 2 N–H and O–H groups in total. The predicted molar refractivity (Wildman–Crippen MR) is 93.4 cm³/mol. The van der Waals surface area contributed by atoms with Gasteiger partial charge in [-0.2, -0.15) is 0 Å². The molecule has 2 aliphatic rings. The summed E-state index contributed by atoms with van der Waals surface area (Å²) in [5, 5.41) is 0.994. The zero-order valence-electron chi connectivity index (χ0n) is 13.8. The molecule has 0 saturated heterocycles. The van der Waals surface area contributed by atoms with Crippen LogP contribution in [0.5, 0.6) is 0 Å². The van der Waals surface area contributed by atoms with Crippen LogP contribution < -0.4 is 9.62 Å². The molecule has 0 aliphatic heterocycles. The highest BCUT2D eigenvalue weighted by Gasteiger charge is 2.36. The number of nitrogens with one attached hydrogen (secondary N) is 2. The van der Waals surface area contributed by atoms with Crippen LogP contribution >= 0.6 is 0 Å². The molecule has 0 unspecified atom stereocenters. The molecular weight excluding hydrogens is 326 g/mol. The van der Waals surface area contributed by atoms with Gasteiger partial charge in [-0.15, -0.1) is 0 Å². The van der Waals surface area contributed by atoms with Crippen molar-refractivity contribution in [3.05, 3.63) is 18.6 Å². The summed E-state index contributed by atoms with van der Waals surface area (Å²) in [5.74, 6) is 1.55. The molecule has 2 aromatic heterocycles. The van der Waals surface area contributed by atoms with Gasteiger partial charge < -0.3 is 9.88 Å². The minimum absolute atomic E-state index is 0.0473. The first-order chi connectivity index (χ1) is 11.5. The van der Waals surface area contributed by atoms with E-state index in [9.17, 15) is 8.42 Å². The molecule has 4 rings (SSSR count). The number of fused-ring (bicyclic) bond motifs is 1. The smallest absolute Gasteiger partial charge is 0.212 e. The normalized spacial score (nSPS) is 24.5. The SMILES string of the molecule is CN(c1ncnc2[nH]ccc12)C1CC(NS(=O)(=O)CC2CCC2)C1. The van der Waals surface area contributed by atoms with Gasteiger partial charge in [-0.25, -0.2) is 23.1 Å². The van der Waals surface area contributed by atoms with Crippen molar-refractivity contribution in [3.8, 4) is 0 Å². The molecule has 0 aromatic carbocycles. The molecule has 0 spiro atoms. The van der Waals surface area contributed by atoms with E-state index in [1.54, 1.807) is 6.33 Å². The monoisotopic (exact) mass is 349 g/mol. The van der Waals surface area contributed by atoms with E-state index in [0.717, 1.165) is 42.5 Å². The molecule has 8 heteroatoms. The number of H-pyrrole nitrogens is 1. The van der Waals surface area contributed by atoms with E-state index in [0.29, 0.717) is 17.7 Å². The quantitative estimate of drug-likeness (QED) is 0.827. The molecule has 0 radical (unpaired) electrons. The van der Waals surface area contributed by atoms with Gasteiger partial charge >= 0.3 is 0 Å². The summed E-state index contributed by atoms with van der Waals surface area (Å²) in [7, 11) is -1.13. The number of hydrogen-bond donors (Lipinski definition) is 2. The average molecular weight is 349 g/mol. The first-order valence-electron chi connectivity index (χ1n) is 8.53. The van der Waals surface area contributed by atoms with Crippen LogP contribution in [0.1, 0.15) is 32.1 Å². The van der Waals surface area contributed by atoms with Crippen molar-refractivity contribution >= 4 is 26.9 Å². The van der Waals surface area contributed by atoms with Gasteiger partial charge in [-0.1, -0.05) is 6.42 Å². The Kier molecular flexibility index (Phi) is 3.96. The fourth-order valence-electron chi connectivity index (χ4n) is 3.58. The Morgan fingerprint density at radius 3 is 2.83 bits per heavy atom. The molecule has 2 fully saturated rings. The molecule has 2 aliphatic carbocycles. The van der Waals surface area contributed by atoms with E-state index >= 15 is 0 Å². The van der Waals surface area contributed by atoms with Crippen LogP contribution in [-0.4, -0.2) is 48.3 Å². The highest BCUT2D eigenvalue weighted by molar-refractivity contribution is 7.89. The lowest BCUT2D eigenvalue weighted by atomic mass is 9.86. The number of anilines is 1. The molecule has 2 aromatic rings. The first kappa shape index (κ1) is 15.8. The largest absolute Gasteiger partial charge is 0.356 e. The minimum Gasteiger partial charge on any atom is -0.356 e. The highest BCUT2D eigenvalue weighted by Crippen LogP contribution is 2.32. The van der Waals surface area contributed by atoms with Crippen molar-refractivity contribution in [1.82, 2.24) is 19.7 Å². The van der Waals surface area contributed by atoms with Gasteiger partial charge in [0, 0.05) is 25.3 Å². The van der Waals surface area contributed by atoms with Crippen molar-refractivity contribution < 1.29 is 8.42 Å². The average Bonchev–Trinajstić information content (AvgIpc) is 2.94. The highest BCUT2D eigenvalue weighted by atomic mass is 32.2. The van der Waals surface area contributed by atoms with Gasteiger partial charge in [0.1, 0.15) is 17.8 Å². The molecule has 130 valence electrons. The van der Waals surface area contributed by atoms with Gasteiger partial charge in [0.05, 0.1) is 11.1 Å². The van der Waals surface area contributed by atoms with Gasteiger partial charge in [0.15, 0.2) is 0 Å². The number of aromatic amines is 1. The van der Waals surface area contributed by atoms with E-state index in [-0.39, 0.29) is 6.04 Å². The Morgan fingerprint density at radius 2 is 2.12 bits per heavy atom. The number of sulfonamides is 1. The summed E-state index contributed by atoms with van der Waals surface area (Å²) in [4.78, 5) is 13.8. The molecule has 24 heavy (non-hydrogen) atoms. The van der Waals surface area contributed by atoms with Crippen molar-refractivity contribution in [1.29, 1.82) is 0 Å². The standard InChI is InChI=1S/C16H23N5O2S/c1-21(16-14-5-6-17-15(14)18-10-19-16)13-7-12(8-13)20-24(22,23)9-11-3-2-4-11/h5-6,10-13,20H,2-4,7-9H2,1H3,(H,17,18,19). The zero-order chi connectivity index (χ0) is 16.7. The maximum atomic E-state index is 12.2. The lowest BCUT2D eigenvalue weighted by Gasteiger charge is -2.42. The second kappa shape index (κ2) is 6.00. The van der Waals surface area contributed by atoms with Crippen LogP contribution in [0.15, 0.2) is 18.6 Å². The van der Waals surface area contributed by atoms with Crippen molar-refractivity contribution in [3.63, 3.8) is 0 Å². The van der Waals surface area contributed by atoms with E-state index in [2.05, 4.69) is 24.6 Å². The summed E-state index contributed by atoms with van der Waals surface area (Å²) in [6, 6.07) is 2.32. The maximum Gasteiger partial charge on any atom is 0.212 e. The van der Waals surface area contributed by atoms with Gasteiger partial charge in [-0.05, 0) is 37.7 Å². The first-order valence-corrected chi connectivity index (χ1v) is 10.2. The Balaban J connectivity index is 1.36. The second-order valence-corrected chi connectivity index (χ2v) is 8.87. The Labute approximate surface area is 141 Å². The zero-order valence-corrected chi connectivity index (χ0v) is 14.6. The number of aromatic nitrogens is 3. The fraction of sp³-hybridized carbons (Fsp3) is 0.625. The summed E-state index contributed by atoms with van der Waals surface area (Å²) >= 11 is 0. The molecule has 7 nitrogen and oxygen atoms in total. The number of rotatable bonds is 6. The van der Waals surface area contributed by atoms with Gasteiger partial charge in [0.25, 0.3) is 0 Å². The van der Waals surface area contributed by atoms with Crippen molar-refractivity contribution in [2.24, 2.45) is 5.92 Å². The molecule has 0 atom stereocenters. The van der Waals surface area contributed by atoms with E-state index in [1.807, 2.05) is 19.3 Å². The third-order valence-corrected chi connectivity index (χ3v) is 6.96. The van der Waals surface area contributed by atoms with Crippen LogP contribution in [-0.2, 0) is 10.0 Å². The Hall–Kier alpha value is -1.67. The Bertz CT molecular complexity index is 824. The lowest BCUT2D eigenvalue weighted by molar-refractivity contribution is 0.311. The lowest BCUT2D eigenvalue weighted by Crippen LogP contribution is -2.54. The summed E-state index contributed by atoms with van der Waals surface area (Å²) in [6.45, 7) is 0. The van der Waals surface area contributed by atoms with Crippen LogP contribution in [0.25, 0.3) is 11.0 Å². The van der Waals surface area contributed by atoms with E-state index in [1.165, 1.54) is 6.42 Å². The van der Waals surface area contributed by atoms with Crippen molar-refractivity contribution in [2.45, 2.75) is 44.2 Å². The summed E-state index contributed by atoms with van der Waals surface area (Å²) in [6.07, 6.45) is 8.32. The summed E-state index contributed by atoms with van der Waals surface area (Å²) < 4.78 is 27.2. The van der Waals surface area contributed by atoms with Gasteiger partial charge in [-0.3, -0.25) is 0 Å². The topological polar surface area (TPSA) is 91.0 Å². The fourth-order valence-corrected chi connectivity index (χ4v) is 5.34. The molecule has 0 amide bonds. The number of nitrogens with zero attached hydrogens (tertiary/aromatic N) is 3. The van der Waals surface area contributed by atoms with Gasteiger partial charge in [0.2, 0.25) is 10.0 Å². The third kappa shape index (κ3) is 3.00. The van der Waals surface area contributed by atoms with Crippen molar-refractivity contribution in [2.75, 3.05) is 17.7 Å². The van der Waals surface area contributed by atoms with Crippen LogP contribution in [0.4, 0.5) is 5.82 Å². The second-order valence-electron chi connectivity index (χ2n) is 7.07. The number of hydrogen-bond acceptors (Lipinski definition) is 5. The Morgan fingerprint density at radius 1 is 1.33 bits per heavy atom. The molecule has 2 heterocycles. The summed E-state index contributed by atoms with van der Waals surface area (Å²) in [5.41, 5.74) is 0.823. The van der Waals surface area contributed by atoms with E-state index in [4.69, 9.17) is 0 Å². The maximum absolute atomic E-state index is 12.2. The minimum atomic E-state index is -3.14. The molecule has 0 bridgehead atoms. The van der Waals surface area contributed by atoms with E-state index < -0.39 is 10.0 Å². The molecular formula is C16H23N5O2S. The predicted octanol–water partition coefficient (Wildman–Crippen LogP) is 1.64.